The molecule has 0 aromatic carbocycles. The van der Waals surface area contributed by atoms with E-state index in [1.54, 1.807) is 0 Å². The molecule has 4 nitrogen and oxygen atoms in total. The van der Waals surface area contributed by atoms with Gasteiger partial charge in [0.25, 0.3) is 5.95 Å². The summed E-state index contributed by atoms with van der Waals surface area (Å²) in [6, 6.07) is 2.57. The molecule has 0 amide bonds. The standard InChI is InChI=1S/C11H6F6N2O2/c1-20-8-3-2-7(21-8)9(10(12,13)14,11(15,16)17)6(4-18)5-19/h2-3,6H,1H3. The van der Waals surface area contributed by atoms with Gasteiger partial charge in [0.05, 0.1) is 19.2 Å². The topological polar surface area (TPSA) is 69.9 Å². The molecule has 10 heteroatoms. The molecule has 0 N–H and O–H groups in total. The van der Waals surface area contributed by atoms with Gasteiger partial charge in [-0.2, -0.15) is 36.9 Å². The number of halogens is 6. The number of hydrogen-bond acceptors (Lipinski definition) is 4. The van der Waals surface area contributed by atoms with Gasteiger partial charge in [0.2, 0.25) is 5.41 Å². The number of rotatable bonds is 3. The van der Waals surface area contributed by atoms with E-state index in [-0.39, 0.29) is 0 Å². The maximum absolute atomic E-state index is 13.2. The number of nitriles is 2. The highest BCUT2D eigenvalue weighted by molar-refractivity contribution is 5.32. The second kappa shape index (κ2) is 5.20. The molecule has 0 aliphatic heterocycles. The fraction of sp³-hybridized carbons (Fsp3) is 0.455. The Kier molecular flexibility index (Phi) is 4.14. The number of ether oxygens (including phenoxy) is 1. The fourth-order valence-corrected chi connectivity index (χ4v) is 1.77. The number of hydrogen-bond donors (Lipinski definition) is 0. The summed E-state index contributed by atoms with van der Waals surface area (Å²) < 4.78 is 87.8. The Labute approximate surface area is 114 Å². The quantitative estimate of drug-likeness (QED) is 0.803. The van der Waals surface area contributed by atoms with E-state index in [1.165, 1.54) is 0 Å². The van der Waals surface area contributed by atoms with Gasteiger partial charge in [0.1, 0.15) is 5.76 Å². The molecule has 114 valence electrons. The van der Waals surface area contributed by atoms with Gasteiger partial charge in [0.15, 0.2) is 5.92 Å². The van der Waals surface area contributed by atoms with Crippen LogP contribution in [0.4, 0.5) is 26.3 Å². The molecule has 0 unspecified atom stereocenters. The van der Waals surface area contributed by atoms with Gasteiger partial charge < -0.3 is 9.15 Å². The Hall–Kier alpha value is -2.36. The Bertz CT molecular complexity index is 562. The Morgan fingerprint density at radius 2 is 1.52 bits per heavy atom. The third-order valence-corrected chi connectivity index (χ3v) is 2.76. The first-order valence-electron chi connectivity index (χ1n) is 5.13. The van der Waals surface area contributed by atoms with Gasteiger partial charge in [-0.25, -0.2) is 0 Å². The molecule has 0 spiro atoms. The smallest absolute Gasteiger partial charge is 0.412 e. The van der Waals surface area contributed by atoms with Crippen LogP contribution in [0.25, 0.3) is 0 Å². The number of furan rings is 1. The van der Waals surface area contributed by atoms with Crippen LogP contribution >= 0.6 is 0 Å². The maximum atomic E-state index is 13.2. The summed E-state index contributed by atoms with van der Waals surface area (Å²) in [6.45, 7) is 0. The first kappa shape index (κ1) is 16.7. The molecular formula is C11H6F6N2O2. The van der Waals surface area contributed by atoms with E-state index < -0.39 is 35.4 Å². The molecule has 0 fully saturated rings. The molecule has 1 aromatic rings. The van der Waals surface area contributed by atoms with Crippen molar-refractivity contribution in [2.75, 3.05) is 7.11 Å². The Balaban J connectivity index is 3.77. The second-order valence-corrected chi connectivity index (χ2v) is 3.82. The van der Waals surface area contributed by atoms with Crippen LogP contribution in [0, 0.1) is 28.6 Å². The lowest BCUT2D eigenvalue weighted by atomic mass is 9.73. The molecule has 0 bridgehead atoms. The van der Waals surface area contributed by atoms with Crippen molar-refractivity contribution in [2.45, 2.75) is 17.8 Å². The SMILES string of the molecule is COc1ccc(C(C(C#N)C#N)(C(F)(F)F)C(F)(F)F)o1. The van der Waals surface area contributed by atoms with Crippen molar-refractivity contribution in [2.24, 2.45) is 5.92 Å². The highest BCUT2D eigenvalue weighted by Gasteiger charge is 2.78. The van der Waals surface area contributed by atoms with E-state index in [0.717, 1.165) is 25.3 Å². The molecule has 0 atom stereocenters. The van der Waals surface area contributed by atoms with Crippen LogP contribution in [0.3, 0.4) is 0 Å². The van der Waals surface area contributed by atoms with Gasteiger partial charge in [0, 0.05) is 6.07 Å². The van der Waals surface area contributed by atoms with Crippen LogP contribution in [0.2, 0.25) is 0 Å². The average Bonchev–Trinajstić information content (AvgIpc) is 2.80. The van der Waals surface area contributed by atoms with E-state index in [0.29, 0.717) is 6.07 Å². The van der Waals surface area contributed by atoms with Crippen LogP contribution in [0.5, 0.6) is 5.95 Å². The molecular weight excluding hydrogens is 306 g/mol. The molecule has 1 rings (SSSR count). The maximum Gasteiger partial charge on any atom is 0.412 e. The highest BCUT2D eigenvalue weighted by Crippen LogP contribution is 2.56. The van der Waals surface area contributed by atoms with Crippen molar-refractivity contribution in [3.8, 4) is 18.1 Å². The molecule has 0 aliphatic rings. The zero-order valence-corrected chi connectivity index (χ0v) is 10.2. The van der Waals surface area contributed by atoms with E-state index in [1.807, 2.05) is 0 Å². The monoisotopic (exact) mass is 312 g/mol. The van der Waals surface area contributed by atoms with Gasteiger partial charge >= 0.3 is 12.4 Å². The minimum Gasteiger partial charge on any atom is -0.468 e. The molecule has 0 saturated carbocycles. The van der Waals surface area contributed by atoms with Crippen molar-refractivity contribution in [1.29, 1.82) is 10.5 Å². The zero-order chi connectivity index (χ0) is 16.5. The summed E-state index contributed by atoms with van der Waals surface area (Å²) in [4.78, 5) is 0. The molecule has 0 radical (unpaired) electrons. The predicted molar refractivity (Wildman–Crippen MR) is 53.8 cm³/mol. The first-order valence-corrected chi connectivity index (χ1v) is 5.13. The van der Waals surface area contributed by atoms with E-state index in [9.17, 15) is 26.3 Å². The number of nitrogens with zero attached hydrogens (tertiary/aromatic N) is 2. The largest absolute Gasteiger partial charge is 0.468 e. The molecule has 1 aromatic heterocycles. The summed E-state index contributed by atoms with van der Waals surface area (Å²) in [5.41, 5.74) is -4.76. The van der Waals surface area contributed by atoms with Gasteiger partial charge in [-0.15, -0.1) is 0 Å². The van der Waals surface area contributed by atoms with Crippen molar-refractivity contribution in [1.82, 2.24) is 0 Å². The van der Waals surface area contributed by atoms with Crippen LogP contribution in [-0.4, -0.2) is 19.5 Å². The average molecular weight is 312 g/mol. The number of alkyl halides is 6. The van der Waals surface area contributed by atoms with Crippen LogP contribution in [0.1, 0.15) is 5.76 Å². The fourth-order valence-electron chi connectivity index (χ4n) is 1.77. The molecule has 0 aliphatic carbocycles. The van der Waals surface area contributed by atoms with E-state index in [4.69, 9.17) is 10.5 Å². The van der Waals surface area contributed by atoms with Crippen LogP contribution in [-0.2, 0) is 5.41 Å². The summed E-state index contributed by atoms with van der Waals surface area (Å²) in [6.07, 6.45) is -12.0. The lowest BCUT2D eigenvalue weighted by Gasteiger charge is -2.35. The number of methoxy groups -OCH3 is 1. The Morgan fingerprint density at radius 3 is 1.81 bits per heavy atom. The molecule has 0 saturated heterocycles. The predicted octanol–water partition coefficient (Wildman–Crippen LogP) is 3.31. The first-order chi connectivity index (χ1) is 9.56. The normalized spacial score (nSPS) is 12.9. The van der Waals surface area contributed by atoms with Gasteiger partial charge in [-0.3, -0.25) is 0 Å². The lowest BCUT2D eigenvalue weighted by Crippen LogP contribution is -2.58. The van der Waals surface area contributed by atoms with E-state index in [2.05, 4.69) is 9.15 Å². The lowest BCUT2D eigenvalue weighted by molar-refractivity contribution is -0.314. The zero-order valence-electron chi connectivity index (χ0n) is 10.2. The van der Waals surface area contributed by atoms with Crippen LogP contribution in [0.15, 0.2) is 16.5 Å². The van der Waals surface area contributed by atoms with Gasteiger partial charge in [-0.05, 0) is 6.07 Å². The summed E-state index contributed by atoms with van der Waals surface area (Å²) in [7, 11) is 0.970. The van der Waals surface area contributed by atoms with Gasteiger partial charge in [-0.1, -0.05) is 0 Å². The molecule has 21 heavy (non-hydrogen) atoms. The van der Waals surface area contributed by atoms with Crippen molar-refractivity contribution in [3.05, 3.63) is 17.9 Å². The minimum absolute atomic E-state index is 0.376. The third kappa shape index (κ3) is 2.37. The Morgan fingerprint density at radius 1 is 1.05 bits per heavy atom. The third-order valence-electron chi connectivity index (χ3n) is 2.76. The second-order valence-electron chi connectivity index (χ2n) is 3.82. The van der Waals surface area contributed by atoms with Crippen LogP contribution < -0.4 is 4.74 Å². The molecule has 1 heterocycles. The van der Waals surface area contributed by atoms with Crippen molar-refractivity contribution in [3.63, 3.8) is 0 Å². The van der Waals surface area contributed by atoms with Crippen molar-refractivity contribution >= 4 is 0 Å². The van der Waals surface area contributed by atoms with Crippen molar-refractivity contribution < 1.29 is 35.5 Å². The summed E-state index contributed by atoms with van der Waals surface area (Å²) >= 11 is 0. The summed E-state index contributed by atoms with van der Waals surface area (Å²) in [5.74, 6) is -5.32. The highest BCUT2D eigenvalue weighted by atomic mass is 19.4. The summed E-state index contributed by atoms with van der Waals surface area (Å²) in [5, 5.41) is 17.1. The minimum atomic E-state index is -5.98. The van der Waals surface area contributed by atoms with E-state index >= 15 is 0 Å².